The highest BCUT2D eigenvalue weighted by Crippen LogP contribution is 2.44. The summed E-state index contributed by atoms with van der Waals surface area (Å²) in [5.41, 5.74) is 0.377. The number of thiophene rings is 1. The number of nitrogens with zero attached hydrogens (tertiary/aromatic N) is 1. The average molecular weight is 334 g/mol. The number of hydrogen-bond acceptors (Lipinski definition) is 3. The van der Waals surface area contributed by atoms with Gasteiger partial charge in [0.2, 0.25) is 0 Å². The molecule has 2 aliphatic rings. The van der Waals surface area contributed by atoms with Crippen LogP contribution in [0.1, 0.15) is 23.2 Å². The molecule has 108 valence electrons. The molecule has 1 N–H and O–H groups in total. The molecule has 3 rings (SSSR count). The van der Waals surface area contributed by atoms with E-state index in [2.05, 4.69) is 0 Å². The first-order chi connectivity index (χ1) is 9.47. The van der Waals surface area contributed by atoms with E-state index in [0.717, 1.165) is 24.2 Å². The molecule has 0 aromatic carbocycles. The highest BCUT2D eigenvalue weighted by molar-refractivity contribution is 7.20. The summed E-state index contributed by atoms with van der Waals surface area (Å²) in [6, 6.07) is 1.55. The SMILES string of the molecule is O=C(O)[C@H]1CN(C(=O)c2cc(Cl)sc2Cl)C[C@@H]1C1CC1. The molecule has 1 aromatic rings. The number of carbonyl (C=O) groups is 2. The van der Waals surface area contributed by atoms with E-state index < -0.39 is 11.9 Å². The molecule has 1 aliphatic heterocycles. The van der Waals surface area contributed by atoms with Gasteiger partial charge in [0.25, 0.3) is 5.91 Å². The van der Waals surface area contributed by atoms with Crippen LogP contribution in [0.25, 0.3) is 0 Å². The van der Waals surface area contributed by atoms with Gasteiger partial charge in [0.05, 0.1) is 15.8 Å². The maximum Gasteiger partial charge on any atom is 0.308 e. The Hall–Kier alpha value is -0.780. The molecule has 7 heteroatoms. The second-order valence-electron chi connectivity index (χ2n) is 5.39. The van der Waals surface area contributed by atoms with Crippen molar-refractivity contribution in [1.29, 1.82) is 0 Å². The fourth-order valence-corrected chi connectivity index (χ4v) is 4.36. The van der Waals surface area contributed by atoms with Crippen LogP contribution in [0.15, 0.2) is 6.07 Å². The molecular formula is C13H13Cl2NO3S. The van der Waals surface area contributed by atoms with Gasteiger partial charge in [-0.05, 0) is 30.7 Å². The van der Waals surface area contributed by atoms with E-state index in [-0.39, 0.29) is 18.4 Å². The second-order valence-corrected chi connectivity index (χ2v) is 7.68. The molecule has 1 saturated carbocycles. The fourth-order valence-electron chi connectivity index (χ4n) is 2.91. The Balaban J connectivity index is 1.79. The standard InChI is InChI=1S/C13H13Cl2NO3S/c14-10-3-7(11(15)20-10)12(17)16-4-8(6-1-2-6)9(5-16)13(18)19/h3,6,8-9H,1-2,4-5H2,(H,18,19)/t8-,9+/m1/s1. The number of hydrogen-bond donors (Lipinski definition) is 1. The van der Waals surface area contributed by atoms with Crippen LogP contribution in [-0.4, -0.2) is 35.0 Å². The zero-order valence-corrected chi connectivity index (χ0v) is 12.8. The molecule has 1 amide bonds. The van der Waals surface area contributed by atoms with E-state index in [1.807, 2.05) is 0 Å². The molecular weight excluding hydrogens is 321 g/mol. The van der Waals surface area contributed by atoms with Crippen LogP contribution in [-0.2, 0) is 4.79 Å². The van der Waals surface area contributed by atoms with Crippen LogP contribution in [0.5, 0.6) is 0 Å². The van der Waals surface area contributed by atoms with Gasteiger partial charge in [-0.1, -0.05) is 23.2 Å². The number of amides is 1. The van der Waals surface area contributed by atoms with Crippen LogP contribution >= 0.6 is 34.5 Å². The molecule has 20 heavy (non-hydrogen) atoms. The van der Waals surface area contributed by atoms with Crippen molar-refractivity contribution >= 4 is 46.4 Å². The molecule has 1 saturated heterocycles. The van der Waals surface area contributed by atoms with E-state index in [1.54, 1.807) is 11.0 Å². The lowest BCUT2D eigenvalue weighted by atomic mass is 9.92. The summed E-state index contributed by atoms with van der Waals surface area (Å²) < 4.78 is 0.827. The molecule has 1 aromatic heterocycles. The van der Waals surface area contributed by atoms with Crippen molar-refractivity contribution in [2.75, 3.05) is 13.1 Å². The Kier molecular flexibility index (Phi) is 3.69. The first kappa shape index (κ1) is 14.2. The largest absolute Gasteiger partial charge is 0.481 e. The second kappa shape index (κ2) is 5.20. The topological polar surface area (TPSA) is 57.6 Å². The minimum Gasteiger partial charge on any atom is -0.481 e. The number of rotatable bonds is 3. The zero-order chi connectivity index (χ0) is 14.4. The van der Waals surface area contributed by atoms with Crippen LogP contribution < -0.4 is 0 Å². The van der Waals surface area contributed by atoms with Crippen molar-refractivity contribution in [3.05, 3.63) is 20.3 Å². The van der Waals surface area contributed by atoms with Gasteiger partial charge in [0.15, 0.2) is 0 Å². The summed E-state index contributed by atoms with van der Waals surface area (Å²) in [6.07, 6.45) is 2.14. The third-order valence-corrected chi connectivity index (χ3v) is 5.57. The van der Waals surface area contributed by atoms with E-state index >= 15 is 0 Å². The summed E-state index contributed by atoms with van der Waals surface area (Å²) in [5, 5.41) is 9.31. The van der Waals surface area contributed by atoms with Crippen molar-refractivity contribution < 1.29 is 14.7 Å². The van der Waals surface area contributed by atoms with Crippen molar-refractivity contribution in [2.24, 2.45) is 17.8 Å². The number of halogens is 2. The van der Waals surface area contributed by atoms with Gasteiger partial charge in [-0.3, -0.25) is 9.59 Å². The predicted octanol–water partition coefficient (Wildman–Crippen LogP) is 3.24. The lowest BCUT2D eigenvalue weighted by Crippen LogP contribution is -2.29. The monoisotopic (exact) mass is 333 g/mol. The van der Waals surface area contributed by atoms with Gasteiger partial charge in [-0.15, -0.1) is 11.3 Å². The first-order valence-corrected chi connectivity index (χ1v) is 8.01. The molecule has 2 heterocycles. The van der Waals surface area contributed by atoms with Gasteiger partial charge >= 0.3 is 5.97 Å². The molecule has 4 nitrogen and oxygen atoms in total. The van der Waals surface area contributed by atoms with Crippen LogP contribution in [0.3, 0.4) is 0 Å². The number of likely N-dealkylation sites (tertiary alicyclic amines) is 1. The smallest absolute Gasteiger partial charge is 0.308 e. The molecule has 2 fully saturated rings. The van der Waals surface area contributed by atoms with Crippen molar-refractivity contribution in [2.45, 2.75) is 12.8 Å². The summed E-state index contributed by atoms with van der Waals surface area (Å²) >= 11 is 13.0. The third-order valence-electron chi connectivity index (χ3n) is 4.08. The molecule has 0 radical (unpaired) electrons. The summed E-state index contributed by atoms with van der Waals surface area (Å²) in [5.74, 6) is -0.960. The Morgan fingerprint density at radius 2 is 2.00 bits per heavy atom. The van der Waals surface area contributed by atoms with Crippen molar-refractivity contribution in [3.63, 3.8) is 0 Å². The first-order valence-electron chi connectivity index (χ1n) is 6.44. The third kappa shape index (κ3) is 2.54. The van der Waals surface area contributed by atoms with Crippen molar-refractivity contribution in [3.8, 4) is 0 Å². The van der Waals surface area contributed by atoms with E-state index in [9.17, 15) is 14.7 Å². The Bertz CT molecular complexity index is 570. The maximum atomic E-state index is 12.4. The predicted molar refractivity (Wildman–Crippen MR) is 77.6 cm³/mol. The Morgan fingerprint density at radius 1 is 1.30 bits per heavy atom. The normalized spacial score (nSPS) is 26.0. The molecule has 1 aliphatic carbocycles. The number of carboxylic acid groups (broad SMARTS) is 1. The number of carboxylic acids is 1. The minimum atomic E-state index is -0.813. The quantitative estimate of drug-likeness (QED) is 0.923. The summed E-state index contributed by atoms with van der Waals surface area (Å²) in [6.45, 7) is 0.767. The van der Waals surface area contributed by atoms with Crippen LogP contribution in [0.2, 0.25) is 8.67 Å². The maximum absolute atomic E-state index is 12.4. The van der Waals surface area contributed by atoms with Gasteiger partial charge in [0, 0.05) is 13.1 Å². The van der Waals surface area contributed by atoms with Gasteiger partial charge in [-0.2, -0.15) is 0 Å². The molecule has 0 unspecified atom stereocenters. The number of carbonyl (C=O) groups excluding carboxylic acids is 1. The zero-order valence-electron chi connectivity index (χ0n) is 10.5. The molecule has 2 atom stereocenters. The minimum absolute atomic E-state index is 0.0735. The van der Waals surface area contributed by atoms with E-state index in [4.69, 9.17) is 23.2 Å². The number of aliphatic carboxylic acids is 1. The summed E-state index contributed by atoms with van der Waals surface area (Å²) in [4.78, 5) is 25.4. The highest BCUT2D eigenvalue weighted by Gasteiger charge is 2.47. The van der Waals surface area contributed by atoms with Gasteiger partial charge < -0.3 is 10.0 Å². The van der Waals surface area contributed by atoms with E-state index in [0.29, 0.717) is 26.7 Å². The average Bonchev–Trinajstić information content (AvgIpc) is 3.03. The van der Waals surface area contributed by atoms with Crippen LogP contribution in [0.4, 0.5) is 0 Å². The lowest BCUT2D eigenvalue weighted by molar-refractivity contribution is -0.142. The Morgan fingerprint density at radius 3 is 2.50 bits per heavy atom. The van der Waals surface area contributed by atoms with Crippen LogP contribution in [0, 0.1) is 17.8 Å². The lowest BCUT2D eigenvalue weighted by Gasteiger charge is -2.15. The van der Waals surface area contributed by atoms with Gasteiger partial charge in [0.1, 0.15) is 4.34 Å². The van der Waals surface area contributed by atoms with Crippen molar-refractivity contribution in [1.82, 2.24) is 4.90 Å². The Labute approximate surface area is 130 Å². The summed E-state index contributed by atoms with van der Waals surface area (Å²) in [7, 11) is 0. The molecule has 0 bridgehead atoms. The fraction of sp³-hybridized carbons (Fsp3) is 0.538. The van der Waals surface area contributed by atoms with Gasteiger partial charge in [-0.25, -0.2) is 0 Å². The highest BCUT2D eigenvalue weighted by atomic mass is 35.5. The van der Waals surface area contributed by atoms with E-state index in [1.165, 1.54) is 0 Å². The molecule has 0 spiro atoms.